The van der Waals surface area contributed by atoms with Crippen LogP contribution in [0.5, 0.6) is 0 Å². The number of fused-ring (bicyclic) bond motifs is 1. The van der Waals surface area contributed by atoms with Gasteiger partial charge in [0.05, 0.1) is 0 Å². The molecule has 1 aromatic carbocycles. The van der Waals surface area contributed by atoms with Crippen LogP contribution in [0, 0.1) is 0 Å². The number of hydrogen-bond donors (Lipinski definition) is 3. The van der Waals surface area contributed by atoms with E-state index in [1.165, 1.54) is 0 Å². The minimum Gasteiger partial charge on any atom is -0.481 e. The highest BCUT2D eigenvalue weighted by Crippen LogP contribution is 2.22. The largest absolute Gasteiger partial charge is 0.481 e. The standard InChI is InChI=1S/C13H16N2O3/c16-12(17)2-1-6-15-13(18)10-3-4-11-9(8-10)5-7-14-11/h3-4,8,14H,1-2,5-7H2,(H,15,18)(H,16,17). The smallest absolute Gasteiger partial charge is 0.303 e. The molecule has 1 heterocycles. The molecule has 18 heavy (non-hydrogen) atoms. The van der Waals surface area contributed by atoms with E-state index in [1.807, 2.05) is 12.1 Å². The summed E-state index contributed by atoms with van der Waals surface area (Å²) in [6.45, 7) is 1.31. The number of benzene rings is 1. The molecular weight excluding hydrogens is 232 g/mol. The molecule has 0 bridgehead atoms. The SMILES string of the molecule is O=C(O)CCCNC(=O)c1ccc2c(c1)CCN2. The zero-order chi connectivity index (χ0) is 13.0. The first-order valence-corrected chi connectivity index (χ1v) is 6.03. The molecule has 1 aliphatic rings. The van der Waals surface area contributed by atoms with E-state index in [2.05, 4.69) is 10.6 Å². The molecule has 0 radical (unpaired) electrons. The Morgan fingerprint density at radius 1 is 1.39 bits per heavy atom. The third-order valence-corrected chi connectivity index (χ3v) is 2.93. The summed E-state index contributed by atoms with van der Waals surface area (Å²) in [5.74, 6) is -0.983. The van der Waals surface area contributed by atoms with Crippen LogP contribution in [-0.2, 0) is 11.2 Å². The molecule has 0 saturated carbocycles. The highest BCUT2D eigenvalue weighted by atomic mass is 16.4. The van der Waals surface area contributed by atoms with Crippen LogP contribution >= 0.6 is 0 Å². The maximum absolute atomic E-state index is 11.8. The fourth-order valence-electron chi connectivity index (χ4n) is 1.99. The lowest BCUT2D eigenvalue weighted by Gasteiger charge is -2.06. The average molecular weight is 248 g/mol. The van der Waals surface area contributed by atoms with Gasteiger partial charge in [-0.3, -0.25) is 9.59 Å². The lowest BCUT2D eigenvalue weighted by Crippen LogP contribution is -2.24. The molecular formula is C13H16N2O3. The van der Waals surface area contributed by atoms with Crippen LogP contribution in [0.25, 0.3) is 0 Å². The van der Waals surface area contributed by atoms with E-state index in [1.54, 1.807) is 6.07 Å². The zero-order valence-electron chi connectivity index (χ0n) is 10.0. The number of carbonyl (C=O) groups is 2. The van der Waals surface area contributed by atoms with Gasteiger partial charge in [-0.05, 0) is 36.6 Å². The molecule has 0 aromatic heterocycles. The maximum Gasteiger partial charge on any atom is 0.303 e. The second kappa shape index (κ2) is 5.53. The van der Waals surface area contributed by atoms with Gasteiger partial charge in [0, 0.05) is 30.8 Å². The van der Waals surface area contributed by atoms with Crippen molar-refractivity contribution in [3.8, 4) is 0 Å². The van der Waals surface area contributed by atoms with Gasteiger partial charge >= 0.3 is 5.97 Å². The molecule has 0 unspecified atom stereocenters. The van der Waals surface area contributed by atoms with Crippen LogP contribution in [0.4, 0.5) is 5.69 Å². The van der Waals surface area contributed by atoms with Gasteiger partial charge in [-0.1, -0.05) is 0 Å². The van der Waals surface area contributed by atoms with E-state index >= 15 is 0 Å². The van der Waals surface area contributed by atoms with E-state index in [0.29, 0.717) is 18.5 Å². The molecule has 0 fully saturated rings. The van der Waals surface area contributed by atoms with Crippen molar-refractivity contribution < 1.29 is 14.7 Å². The van der Waals surface area contributed by atoms with Crippen molar-refractivity contribution in [2.24, 2.45) is 0 Å². The van der Waals surface area contributed by atoms with Crippen LogP contribution in [0.15, 0.2) is 18.2 Å². The van der Waals surface area contributed by atoms with Gasteiger partial charge in [0.25, 0.3) is 5.91 Å². The third-order valence-electron chi connectivity index (χ3n) is 2.93. The summed E-state index contributed by atoms with van der Waals surface area (Å²) in [5.41, 5.74) is 2.89. The first kappa shape index (κ1) is 12.4. The summed E-state index contributed by atoms with van der Waals surface area (Å²) in [7, 11) is 0. The van der Waals surface area contributed by atoms with E-state index in [4.69, 9.17) is 5.11 Å². The highest BCUT2D eigenvalue weighted by Gasteiger charge is 2.13. The fraction of sp³-hybridized carbons (Fsp3) is 0.385. The highest BCUT2D eigenvalue weighted by molar-refractivity contribution is 5.95. The van der Waals surface area contributed by atoms with Crippen LogP contribution in [0.2, 0.25) is 0 Å². The number of amides is 1. The van der Waals surface area contributed by atoms with Gasteiger partial charge in [-0.25, -0.2) is 0 Å². The van der Waals surface area contributed by atoms with Crippen LogP contribution in [0.1, 0.15) is 28.8 Å². The Morgan fingerprint density at radius 3 is 3.00 bits per heavy atom. The van der Waals surface area contributed by atoms with Gasteiger partial charge in [-0.2, -0.15) is 0 Å². The monoisotopic (exact) mass is 248 g/mol. The molecule has 0 atom stereocenters. The van der Waals surface area contributed by atoms with E-state index in [9.17, 15) is 9.59 Å². The van der Waals surface area contributed by atoms with Gasteiger partial charge in [0.15, 0.2) is 0 Å². The topological polar surface area (TPSA) is 78.4 Å². The normalized spacial score (nSPS) is 12.7. The van der Waals surface area contributed by atoms with Crippen molar-refractivity contribution >= 4 is 17.6 Å². The summed E-state index contributed by atoms with van der Waals surface area (Å²) in [4.78, 5) is 22.1. The zero-order valence-corrected chi connectivity index (χ0v) is 10.0. The second-order valence-corrected chi connectivity index (χ2v) is 4.30. The summed E-state index contributed by atoms with van der Waals surface area (Å²) in [5, 5.41) is 14.4. The van der Waals surface area contributed by atoms with Crippen molar-refractivity contribution in [2.75, 3.05) is 18.4 Å². The average Bonchev–Trinajstić information content (AvgIpc) is 2.81. The molecule has 1 aliphatic heterocycles. The molecule has 0 aliphatic carbocycles. The van der Waals surface area contributed by atoms with E-state index in [-0.39, 0.29) is 12.3 Å². The minimum absolute atomic E-state index is 0.0778. The molecule has 96 valence electrons. The van der Waals surface area contributed by atoms with Crippen molar-refractivity contribution in [3.63, 3.8) is 0 Å². The Bertz CT molecular complexity index is 471. The summed E-state index contributed by atoms with van der Waals surface area (Å²) >= 11 is 0. The molecule has 0 saturated heterocycles. The molecule has 5 nitrogen and oxygen atoms in total. The number of rotatable bonds is 5. The Hall–Kier alpha value is -2.04. The Kier molecular flexibility index (Phi) is 3.82. The van der Waals surface area contributed by atoms with Crippen molar-refractivity contribution in [2.45, 2.75) is 19.3 Å². The Morgan fingerprint density at radius 2 is 2.22 bits per heavy atom. The van der Waals surface area contributed by atoms with Gasteiger partial charge in [0.1, 0.15) is 0 Å². The first-order chi connectivity index (χ1) is 8.66. The van der Waals surface area contributed by atoms with Crippen LogP contribution < -0.4 is 10.6 Å². The van der Waals surface area contributed by atoms with Crippen LogP contribution in [-0.4, -0.2) is 30.1 Å². The number of carboxylic acids is 1. The molecule has 1 amide bonds. The molecule has 2 rings (SSSR count). The number of aliphatic carboxylic acids is 1. The number of nitrogens with one attached hydrogen (secondary N) is 2. The van der Waals surface area contributed by atoms with Gasteiger partial charge in [-0.15, -0.1) is 0 Å². The maximum atomic E-state index is 11.8. The quantitative estimate of drug-likeness (QED) is 0.685. The third kappa shape index (κ3) is 3.00. The molecule has 3 N–H and O–H groups in total. The number of carbonyl (C=O) groups excluding carboxylic acids is 1. The summed E-state index contributed by atoms with van der Waals surface area (Å²) in [6.07, 6.45) is 1.47. The minimum atomic E-state index is -0.840. The molecule has 0 spiro atoms. The van der Waals surface area contributed by atoms with Crippen molar-refractivity contribution in [1.82, 2.24) is 5.32 Å². The first-order valence-electron chi connectivity index (χ1n) is 6.03. The Labute approximate surface area is 105 Å². The van der Waals surface area contributed by atoms with Crippen LogP contribution in [0.3, 0.4) is 0 Å². The summed E-state index contributed by atoms with van der Waals surface area (Å²) in [6, 6.07) is 5.58. The Balaban J connectivity index is 1.87. The number of anilines is 1. The van der Waals surface area contributed by atoms with Gasteiger partial charge < -0.3 is 15.7 Å². The summed E-state index contributed by atoms with van der Waals surface area (Å²) < 4.78 is 0. The van der Waals surface area contributed by atoms with E-state index < -0.39 is 5.97 Å². The van der Waals surface area contributed by atoms with Crippen molar-refractivity contribution in [3.05, 3.63) is 29.3 Å². The lowest BCUT2D eigenvalue weighted by molar-refractivity contribution is -0.137. The fourth-order valence-corrected chi connectivity index (χ4v) is 1.99. The van der Waals surface area contributed by atoms with Gasteiger partial charge in [0.2, 0.25) is 0 Å². The predicted octanol–water partition coefficient (Wildman–Crippen LogP) is 1.25. The molecule has 5 heteroatoms. The number of carboxylic acid groups (broad SMARTS) is 1. The predicted molar refractivity (Wildman–Crippen MR) is 67.8 cm³/mol. The molecule has 1 aromatic rings. The lowest BCUT2D eigenvalue weighted by atomic mass is 10.1. The van der Waals surface area contributed by atoms with E-state index in [0.717, 1.165) is 24.2 Å². The number of hydrogen-bond acceptors (Lipinski definition) is 3. The van der Waals surface area contributed by atoms with Crippen molar-refractivity contribution in [1.29, 1.82) is 0 Å². The second-order valence-electron chi connectivity index (χ2n) is 4.30.